The van der Waals surface area contributed by atoms with Crippen molar-refractivity contribution in [3.05, 3.63) is 0 Å². The van der Waals surface area contributed by atoms with Crippen LogP contribution in [-0.4, -0.2) is 30.2 Å². The molecule has 0 saturated heterocycles. The molecule has 92 valence electrons. The lowest BCUT2D eigenvalue weighted by molar-refractivity contribution is -0.126. The van der Waals surface area contributed by atoms with E-state index in [-0.39, 0.29) is 12.5 Å². The lowest BCUT2D eigenvalue weighted by Gasteiger charge is -2.39. The first-order chi connectivity index (χ1) is 7.50. The molecule has 0 heterocycles. The fourth-order valence-corrected chi connectivity index (χ4v) is 2.38. The first-order valence-corrected chi connectivity index (χ1v) is 6.01. The number of thiocarbonyl (C=S) groups is 1. The Balaban J connectivity index is 2.66. The number of carbonyl (C=O) groups is 1. The molecule has 1 rings (SSSR count). The fraction of sp³-hybridized carbons (Fsp3) is 0.818. The van der Waals surface area contributed by atoms with E-state index in [0.29, 0.717) is 10.9 Å². The Hall–Kier alpha value is -0.680. The van der Waals surface area contributed by atoms with Gasteiger partial charge in [-0.2, -0.15) is 0 Å². The molecule has 1 aliphatic carbocycles. The molecule has 0 bridgehead atoms. The summed E-state index contributed by atoms with van der Waals surface area (Å²) in [5.74, 6) is 0.534. The quantitative estimate of drug-likeness (QED) is 0.724. The van der Waals surface area contributed by atoms with Crippen LogP contribution < -0.4 is 11.1 Å². The predicted octanol–water partition coefficient (Wildman–Crippen LogP) is 0.984. The molecule has 3 N–H and O–H groups in total. The summed E-state index contributed by atoms with van der Waals surface area (Å²) < 4.78 is 4.79. The third-order valence-corrected chi connectivity index (χ3v) is 3.64. The van der Waals surface area contributed by atoms with Crippen LogP contribution >= 0.6 is 12.2 Å². The molecule has 0 aliphatic heterocycles. The largest absolute Gasteiger partial charge is 0.391 e. The second-order valence-corrected chi connectivity index (χ2v) is 5.05. The minimum atomic E-state index is -0.489. The number of ether oxygens (including phenoxy) is 1. The fourth-order valence-electron chi connectivity index (χ4n) is 2.12. The monoisotopic (exact) mass is 244 g/mol. The maximum atomic E-state index is 11.6. The summed E-state index contributed by atoms with van der Waals surface area (Å²) in [6.07, 6.45) is 3.76. The van der Waals surface area contributed by atoms with Gasteiger partial charge in [-0.25, -0.2) is 0 Å². The SMILES string of the molecule is COCC(=O)NC1(C(N)=S)CCC(C)CC1. The zero-order valence-corrected chi connectivity index (χ0v) is 10.7. The first-order valence-electron chi connectivity index (χ1n) is 5.60. The summed E-state index contributed by atoms with van der Waals surface area (Å²) in [5, 5.41) is 2.92. The first kappa shape index (κ1) is 13.4. The second-order valence-electron chi connectivity index (χ2n) is 4.61. The Morgan fingerprint density at radius 3 is 2.56 bits per heavy atom. The molecule has 0 aromatic carbocycles. The number of hydrogen-bond donors (Lipinski definition) is 2. The van der Waals surface area contributed by atoms with E-state index in [4.69, 9.17) is 22.7 Å². The second kappa shape index (κ2) is 5.59. The van der Waals surface area contributed by atoms with Gasteiger partial charge in [0.05, 0.1) is 10.5 Å². The van der Waals surface area contributed by atoms with E-state index in [1.165, 1.54) is 7.11 Å². The van der Waals surface area contributed by atoms with Gasteiger partial charge in [0.25, 0.3) is 0 Å². The van der Waals surface area contributed by atoms with Crippen molar-refractivity contribution in [3.8, 4) is 0 Å². The standard InChI is InChI=1S/C11H20N2O2S/c1-8-3-5-11(6-4-8,10(12)16)13-9(14)7-15-2/h8H,3-7H2,1-2H3,(H2,12,16)(H,13,14). The highest BCUT2D eigenvalue weighted by atomic mass is 32.1. The summed E-state index contributed by atoms with van der Waals surface area (Å²) in [5.41, 5.74) is 5.28. The number of nitrogens with two attached hydrogens (primary N) is 1. The van der Waals surface area contributed by atoms with Crippen molar-refractivity contribution in [2.45, 2.75) is 38.1 Å². The van der Waals surface area contributed by atoms with Gasteiger partial charge < -0.3 is 15.8 Å². The Morgan fingerprint density at radius 2 is 2.12 bits per heavy atom. The molecular formula is C11H20N2O2S. The molecule has 1 saturated carbocycles. The molecule has 4 nitrogen and oxygen atoms in total. The van der Waals surface area contributed by atoms with Crippen LogP contribution in [0.2, 0.25) is 0 Å². The predicted molar refractivity (Wildman–Crippen MR) is 67.2 cm³/mol. The van der Waals surface area contributed by atoms with Gasteiger partial charge in [0.2, 0.25) is 5.91 Å². The van der Waals surface area contributed by atoms with Crippen molar-refractivity contribution in [2.75, 3.05) is 13.7 Å². The van der Waals surface area contributed by atoms with E-state index in [9.17, 15) is 4.79 Å². The van der Waals surface area contributed by atoms with Gasteiger partial charge in [0.1, 0.15) is 6.61 Å². The smallest absolute Gasteiger partial charge is 0.246 e. The van der Waals surface area contributed by atoms with E-state index in [2.05, 4.69) is 12.2 Å². The Bertz CT molecular complexity index is 273. The average molecular weight is 244 g/mol. The van der Waals surface area contributed by atoms with E-state index < -0.39 is 5.54 Å². The van der Waals surface area contributed by atoms with E-state index >= 15 is 0 Å². The van der Waals surface area contributed by atoms with Crippen molar-refractivity contribution in [2.24, 2.45) is 11.7 Å². The van der Waals surface area contributed by atoms with Gasteiger partial charge in [-0.1, -0.05) is 19.1 Å². The topological polar surface area (TPSA) is 64.3 Å². The molecular weight excluding hydrogens is 224 g/mol. The van der Waals surface area contributed by atoms with Crippen molar-refractivity contribution in [3.63, 3.8) is 0 Å². The van der Waals surface area contributed by atoms with Gasteiger partial charge in [0.15, 0.2) is 0 Å². The molecule has 16 heavy (non-hydrogen) atoms. The summed E-state index contributed by atoms with van der Waals surface area (Å²) in [7, 11) is 1.50. The van der Waals surface area contributed by atoms with E-state index in [1.54, 1.807) is 0 Å². The van der Waals surface area contributed by atoms with Crippen molar-refractivity contribution in [1.82, 2.24) is 5.32 Å². The Labute approximate surface area is 102 Å². The van der Waals surface area contributed by atoms with Gasteiger partial charge in [-0.15, -0.1) is 0 Å². The van der Waals surface area contributed by atoms with Crippen LogP contribution in [0.25, 0.3) is 0 Å². The maximum Gasteiger partial charge on any atom is 0.246 e. The van der Waals surface area contributed by atoms with Gasteiger partial charge in [0, 0.05) is 7.11 Å². The highest BCUT2D eigenvalue weighted by Gasteiger charge is 2.38. The van der Waals surface area contributed by atoms with Crippen molar-refractivity contribution < 1.29 is 9.53 Å². The number of methoxy groups -OCH3 is 1. The zero-order chi connectivity index (χ0) is 12.2. The number of carbonyl (C=O) groups excluding carboxylic acids is 1. The van der Waals surface area contributed by atoms with Crippen LogP contribution in [-0.2, 0) is 9.53 Å². The minimum absolute atomic E-state index is 0.0555. The van der Waals surface area contributed by atoms with Gasteiger partial charge in [-0.05, 0) is 31.6 Å². The van der Waals surface area contributed by atoms with Crippen molar-refractivity contribution >= 4 is 23.1 Å². The average Bonchev–Trinajstić information content (AvgIpc) is 2.22. The zero-order valence-electron chi connectivity index (χ0n) is 9.91. The van der Waals surface area contributed by atoms with E-state index in [0.717, 1.165) is 25.7 Å². The van der Waals surface area contributed by atoms with Crippen LogP contribution in [0.1, 0.15) is 32.6 Å². The van der Waals surface area contributed by atoms with Crippen LogP contribution in [0, 0.1) is 5.92 Å². The van der Waals surface area contributed by atoms with Crippen LogP contribution in [0.3, 0.4) is 0 Å². The highest BCUT2D eigenvalue weighted by molar-refractivity contribution is 7.80. The third kappa shape index (κ3) is 3.15. The lowest BCUT2D eigenvalue weighted by Crippen LogP contribution is -2.58. The number of nitrogens with one attached hydrogen (secondary N) is 1. The molecule has 0 aromatic heterocycles. The normalized spacial score (nSPS) is 29.8. The summed E-state index contributed by atoms with van der Waals surface area (Å²) >= 11 is 5.09. The molecule has 5 heteroatoms. The number of amides is 1. The molecule has 0 aromatic rings. The Morgan fingerprint density at radius 1 is 1.56 bits per heavy atom. The minimum Gasteiger partial charge on any atom is -0.391 e. The number of rotatable bonds is 4. The van der Waals surface area contributed by atoms with Gasteiger partial charge in [-0.3, -0.25) is 4.79 Å². The van der Waals surface area contributed by atoms with E-state index in [1.807, 2.05) is 0 Å². The lowest BCUT2D eigenvalue weighted by atomic mass is 9.77. The molecule has 0 atom stereocenters. The van der Waals surface area contributed by atoms with Gasteiger partial charge >= 0.3 is 0 Å². The summed E-state index contributed by atoms with van der Waals surface area (Å²) in [6.45, 7) is 2.26. The van der Waals surface area contributed by atoms with Crippen LogP contribution in [0.15, 0.2) is 0 Å². The molecule has 0 spiro atoms. The Kier molecular flexibility index (Phi) is 4.68. The maximum absolute atomic E-state index is 11.6. The number of hydrogen-bond acceptors (Lipinski definition) is 3. The molecule has 0 radical (unpaired) electrons. The van der Waals surface area contributed by atoms with Crippen LogP contribution in [0.4, 0.5) is 0 Å². The van der Waals surface area contributed by atoms with Crippen molar-refractivity contribution in [1.29, 1.82) is 0 Å². The molecule has 1 amide bonds. The summed E-state index contributed by atoms with van der Waals surface area (Å²) in [4.78, 5) is 11.9. The molecule has 1 fully saturated rings. The third-order valence-electron chi connectivity index (χ3n) is 3.25. The summed E-state index contributed by atoms with van der Waals surface area (Å²) in [6, 6.07) is 0. The highest BCUT2D eigenvalue weighted by Crippen LogP contribution is 2.32. The molecule has 0 unspecified atom stereocenters. The molecule has 1 aliphatic rings. The van der Waals surface area contributed by atoms with Crippen LogP contribution in [0.5, 0.6) is 0 Å².